The van der Waals surface area contributed by atoms with Gasteiger partial charge in [0.05, 0.1) is 10.5 Å². The van der Waals surface area contributed by atoms with Crippen LogP contribution in [-0.2, 0) is 21.0 Å². The summed E-state index contributed by atoms with van der Waals surface area (Å²) >= 11 is 0. The molecule has 1 fully saturated rings. The molecule has 1 aromatic carbocycles. The number of rotatable bonds is 7. The van der Waals surface area contributed by atoms with Crippen LogP contribution in [-0.4, -0.2) is 45.0 Å². The Morgan fingerprint density at radius 2 is 2.00 bits per heavy atom. The van der Waals surface area contributed by atoms with E-state index in [1.54, 1.807) is 4.90 Å². The number of benzene rings is 1. The first kappa shape index (κ1) is 22.9. The molecule has 1 saturated heterocycles. The molecule has 2 heterocycles. The second-order valence-electron chi connectivity index (χ2n) is 7.01. The second-order valence-corrected chi connectivity index (χ2v) is 8.77. The van der Waals surface area contributed by atoms with Crippen LogP contribution in [0.4, 0.5) is 23.4 Å². The summed E-state index contributed by atoms with van der Waals surface area (Å²) in [4.78, 5) is 17.5. The first-order valence-electron chi connectivity index (χ1n) is 9.37. The molecule has 1 aliphatic rings. The van der Waals surface area contributed by atoms with Gasteiger partial charge in [0.25, 0.3) is 0 Å². The van der Waals surface area contributed by atoms with E-state index in [4.69, 9.17) is 0 Å². The molecule has 0 saturated carbocycles. The predicted molar refractivity (Wildman–Crippen MR) is 104 cm³/mol. The van der Waals surface area contributed by atoms with Crippen molar-refractivity contribution in [3.8, 4) is 0 Å². The van der Waals surface area contributed by atoms with Gasteiger partial charge in [-0.15, -0.1) is 0 Å². The molecule has 1 amide bonds. The van der Waals surface area contributed by atoms with Crippen molar-refractivity contribution in [2.45, 2.75) is 30.0 Å². The van der Waals surface area contributed by atoms with Gasteiger partial charge in [0, 0.05) is 38.3 Å². The molecule has 2 N–H and O–H groups in total. The largest absolute Gasteiger partial charge is 0.417 e. The minimum absolute atomic E-state index is 0.121. The van der Waals surface area contributed by atoms with Gasteiger partial charge >= 0.3 is 6.18 Å². The Hall–Kier alpha value is -2.73. The average molecular weight is 460 g/mol. The van der Waals surface area contributed by atoms with Crippen molar-refractivity contribution in [1.29, 1.82) is 0 Å². The Kier molecular flexibility index (Phi) is 6.80. The summed E-state index contributed by atoms with van der Waals surface area (Å²) in [5.74, 6) is -0.685. The van der Waals surface area contributed by atoms with Crippen LogP contribution >= 0.6 is 0 Å². The van der Waals surface area contributed by atoms with Gasteiger partial charge in [-0.05, 0) is 36.8 Å². The van der Waals surface area contributed by atoms with Crippen molar-refractivity contribution in [2.24, 2.45) is 0 Å². The quantitative estimate of drug-likeness (QED) is 0.619. The number of anilines is 1. The van der Waals surface area contributed by atoms with E-state index >= 15 is 0 Å². The van der Waals surface area contributed by atoms with Crippen LogP contribution in [0.1, 0.15) is 18.4 Å². The minimum Gasteiger partial charge on any atom is -0.354 e. The number of nitrogens with one attached hydrogen (secondary N) is 2. The Morgan fingerprint density at radius 1 is 1.23 bits per heavy atom. The fourth-order valence-electron chi connectivity index (χ4n) is 3.14. The topological polar surface area (TPSA) is 91.4 Å². The van der Waals surface area contributed by atoms with Gasteiger partial charge in [0.1, 0.15) is 11.6 Å². The normalized spacial score (nSPS) is 17.0. The third kappa shape index (κ3) is 6.14. The van der Waals surface area contributed by atoms with Crippen molar-refractivity contribution in [2.75, 3.05) is 24.5 Å². The van der Waals surface area contributed by atoms with Crippen LogP contribution in [0.3, 0.4) is 0 Å². The van der Waals surface area contributed by atoms with Gasteiger partial charge in [-0.2, -0.15) is 13.2 Å². The average Bonchev–Trinajstić information content (AvgIpc) is 3.15. The molecule has 0 radical (unpaired) electrons. The number of sulfonamides is 1. The lowest BCUT2D eigenvalue weighted by Crippen LogP contribution is -2.39. The molecule has 0 aliphatic carbocycles. The van der Waals surface area contributed by atoms with Gasteiger partial charge in [-0.25, -0.2) is 22.5 Å². The summed E-state index contributed by atoms with van der Waals surface area (Å²) in [6.07, 6.45) is -3.23. The third-order valence-electron chi connectivity index (χ3n) is 4.70. The van der Waals surface area contributed by atoms with E-state index in [0.29, 0.717) is 25.3 Å². The molecule has 7 nitrogen and oxygen atoms in total. The monoisotopic (exact) mass is 460 g/mol. The van der Waals surface area contributed by atoms with E-state index in [1.807, 2.05) is 0 Å². The SMILES string of the molecule is O=C(CCNS(=O)(=O)c1cccc(F)c1)NC1CCN(c2ccc(C(F)(F)F)cn2)C1. The van der Waals surface area contributed by atoms with Gasteiger partial charge in [-0.3, -0.25) is 4.79 Å². The zero-order valence-electron chi connectivity index (χ0n) is 16.2. The van der Waals surface area contributed by atoms with Gasteiger partial charge in [0.15, 0.2) is 0 Å². The number of pyridine rings is 1. The summed E-state index contributed by atoms with van der Waals surface area (Å²) in [5.41, 5.74) is -0.832. The molecule has 0 spiro atoms. The van der Waals surface area contributed by atoms with E-state index in [0.717, 1.165) is 24.4 Å². The van der Waals surface area contributed by atoms with Gasteiger partial charge < -0.3 is 10.2 Å². The summed E-state index contributed by atoms with van der Waals surface area (Å²) in [6, 6.07) is 6.52. The number of hydrogen-bond donors (Lipinski definition) is 2. The first-order valence-corrected chi connectivity index (χ1v) is 10.9. The lowest BCUT2D eigenvalue weighted by molar-refractivity contribution is -0.137. The Labute approximate surface area is 176 Å². The zero-order valence-corrected chi connectivity index (χ0v) is 17.0. The predicted octanol–water partition coefficient (Wildman–Crippen LogP) is 2.30. The molecule has 12 heteroatoms. The van der Waals surface area contributed by atoms with Crippen molar-refractivity contribution >= 4 is 21.7 Å². The lowest BCUT2D eigenvalue weighted by atomic mass is 10.2. The number of carbonyl (C=O) groups excluding carboxylic acids is 1. The summed E-state index contributed by atoms with van der Waals surface area (Å²) in [5, 5.41) is 2.77. The molecule has 1 atom stereocenters. The molecule has 31 heavy (non-hydrogen) atoms. The Bertz CT molecular complexity index is 1030. The molecule has 168 valence electrons. The molecule has 1 aromatic heterocycles. The fraction of sp³-hybridized carbons (Fsp3) is 0.368. The third-order valence-corrected chi connectivity index (χ3v) is 6.16. The molecule has 0 bridgehead atoms. The number of amides is 1. The number of alkyl halides is 3. The lowest BCUT2D eigenvalue weighted by Gasteiger charge is -2.18. The van der Waals surface area contributed by atoms with E-state index in [2.05, 4.69) is 15.0 Å². The summed E-state index contributed by atoms with van der Waals surface area (Å²) < 4.78 is 77.5. The van der Waals surface area contributed by atoms with E-state index < -0.39 is 27.6 Å². The van der Waals surface area contributed by atoms with Crippen LogP contribution in [0.25, 0.3) is 0 Å². The molecular formula is C19H20F4N4O3S. The molecule has 2 aromatic rings. The standard InChI is InChI=1S/C19H20F4N4O3S/c20-14-2-1-3-16(10-14)31(29,30)25-8-6-18(28)26-15-7-9-27(12-15)17-5-4-13(11-24-17)19(21,22)23/h1-5,10-11,15,25H,6-9,12H2,(H,26,28). The maximum absolute atomic E-state index is 13.2. The van der Waals surface area contributed by atoms with Crippen LogP contribution in [0.15, 0.2) is 47.5 Å². The number of aromatic nitrogens is 1. The zero-order chi connectivity index (χ0) is 22.6. The molecular weight excluding hydrogens is 440 g/mol. The second kappa shape index (κ2) is 9.18. The molecule has 1 aliphatic heterocycles. The van der Waals surface area contributed by atoms with Crippen LogP contribution in [0, 0.1) is 5.82 Å². The van der Waals surface area contributed by atoms with Crippen LogP contribution < -0.4 is 14.9 Å². The highest BCUT2D eigenvalue weighted by Crippen LogP contribution is 2.29. The van der Waals surface area contributed by atoms with Crippen molar-refractivity contribution in [3.05, 3.63) is 54.0 Å². The highest BCUT2D eigenvalue weighted by atomic mass is 32.2. The smallest absolute Gasteiger partial charge is 0.354 e. The number of carbonyl (C=O) groups is 1. The van der Waals surface area contributed by atoms with E-state index in [9.17, 15) is 30.8 Å². The number of hydrogen-bond acceptors (Lipinski definition) is 5. The Morgan fingerprint density at radius 3 is 2.65 bits per heavy atom. The maximum atomic E-state index is 13.2. The highest BCUT2D eigenvalue weighted by molar-refractivity contribution is 7.89. The Balaban J connectivity index is 1.45. The highest BCUT2D eigenvalue weighted by Gasteiger charge is 2.31. The molecule has 3 rings (SSSR count). The summed E-state index contributed by atoms with van der Waals surface area (Å²) in [6.45, 7) is 0.718. The first-order chi connectivity index (χ1) is 14.5. The minimum atomic E-state index is -4.46. The summed E-state index contributed by atoms with van der Waals surface area (Å²) in [7, 11) is -3.93. The fourth-order valence-corrected chi connectivity index (χ4v) is 4.21. The van der Waals surface area contributed by atoms with Crippen LogP contribution in [0.5, 0.6) is 0 Å². The number of halogens is 4. The van der Waals surface area contributed by atoms with Crippen molar-refractivity contribution in [1.82, 2.24) is 15.0 Å². The van der Waals surface area contributed by atoms with Crippen molar-refractivity contribution in [3.63, 3.8) is 0 Å². The molecule has 1 unspecified atom stereocenters. The van der Waals surface area contributed by atoms with Crippen LogP contribution in [0.2, 0.25) is 0 Å². The van der Waals surface area contributed by atoms with E-state index in [1.165, 1.54) is 18.2 Å². The van der Waals surface area contributed by atoms with E-state index in [-0.39, 0.29) is 29.8 Å². The number of nitrogens with zero attached hydrogens (tertiary/aromatic N) is 2. The van der Waals surface area contributed by atoms with Crippen molar-refractivity contribution < 1.29 is 30.8 Å². The van der Waals surface area contributed by atoms with Gasteiger partial charge in [0.2, 0.25) is 15.9 Å². The maximum Gasteiger partial charge on any atom is 0.417 e. The van der Waals surface area contributed by atoms with Gasteiger partial charge in [-0.1, -0.05) is 6.07 Å².